The van der Waals surface area contributed by atoms with Crippen LogP contribution in [0.2, 0.25) is 0 Å². The summed E-state index contributed by atoms with van der Waals surface area (Å²) in [5, 5.41) is 9.12. The minimum Gasteiger partial charge on any atom is -0.380 e. The van der Waals surface area contributed by atoms with Gasteiger partial charge in [0.15, 0.2) is 0 Å². The van der Waals surface area contributed by atoms with Crippen molar-refractivity contribution in [2.24, 2.45) is 5.92 Å². The summed E-state index contributed by atoms with van der Waals surface area (Å²) in [4.78, 5) is 0. The molecule has 9 heavy (non-hydrogen) atoms. The minimum atomic E-state index is -0.479. The Morgan fingerprint density at radius 1 is 1.44 bits per heavy atom. The van der Waals surface area contributed by atoms with E-state index in [9.17, 15) is 0 Å². The third-order valence-electron chi connectivity index (χ3n) is 2.02. The van der Waals surface area contributed by atoms with Crippen LogP contribution < -0.4 is 0 Å². The van der Waals surface area contributed by atoms with Gasteiger partial charge in [-0.15, -0.1) is 6.42 Å². The lowest BCUT2D eigenvalue weighted by Gasteiger charge is -2.09. The van der Waals surface area contributed by atoms with Gasteiger partial charge in [0, 0.05) is 0 Å². The molecule has 0 aliphatic heterocycles. The number of aliphatic hydroxyl groups excluding tert-OH is 1. The number of aliphatic hydroxyl groups is 1. The van der Waals surface area contributed by atoms with Crippen LogP contribution in [0.3, 0.4) is 0 Å². The molecule has 0 heterocycles. The molecule has 0 aromatic carbocycles. The molecule has 1 rings (SSSR count). The van der Waals surface area contributed by atoms with Crippen LogP contribution in [0, 0.1) is 18.3 Å². The molecule has 1 aliphatic rings. The van der Waals surface area contributed by atoms with Gasteiger partial charge in [0.25, 0.3) is 0 Å². The number of hydrogen-bond acceptors (Lipinski definition) is 1. The molecule has 1 N–H and O–H groups in total. The predicted octanol–water partition coefficient (Wildman–Crippen LogP) is 1.17. The van der Waals surface area contributed by atoms with E-state index in [-0.39, 0.29) is 0 Å². The van der Waals surface area contributed by atoms with Crippen molar-refractivity contribution in [3.05, 3.63) is 0 Å². The molecule has 1 saturated carbocycles. The zero-order valence-corrected chi connectivity index (χ0v) is 5.51. The molecule has 0 aromatic rings. The normalized spacial score (nSPS) is 23.6. The Morgan fingerprint density at radius 3 is 2.44 bits per heavy atom. The molecule has 1 aliphatic carbocycles. The molecule has 1 fully saturated rings. The molecule has 0 spiro atoms. The number of terminal acetylenes is 1. The molecule has 50 valence electrons. The maximum atomic E-state index is 9.12. The van der Waals surface area contributed by atoms with Crippen LogP contribution in [0.15, 0.2) is 0 Å². The van der Waals surface area contributed by atoms with Crippen molar-refractivity contribution in [1.82, 2.24) is 0 Å². The van der Waals surface area contributed by atoms with E-state index in [0.29, 0.717) is 5.92 Å². The van der Waals surface area contributed by atoms with Crippen LogP contribution in [-0.4, -0.2) is 11.2 Å². The number of rotatable bonds is 1. The van der Waals surface area contributed by atoms with E-state index in [1.165, 1.54) is 12.8 Å². The highest BCUT2D eigenvalue weighted by atomic mass is 16.3. The lowest BCUT2D eigenvalue weighted by molar-refractivity contribution is 0.165. The van der Waals surface area contributed by atoms with Crippen LogP contribution in [0.25, 0.3) is 0 Å². The van der Waals surface area contributed by atoms with Crippen LogP contribution in [0.5, 0.6) is 0 Å². The van der Waals surface area contributed by atoms with Gasteiger partial charge in [-0.2, -0.15) is 0 Å². The van der Waals surface area contributed by atoms with Crippen molar-refractivity contribution >= 4 is 0 Å². The molecule has 0 amide bonds. The molecule has 1 atom stereocenters. The lowest BCUT2D eigenvalue weighted by atomic mass is 10.0. The zero-order valence-electron chi connectivity index (χ0n) is 5.51. The zero-order chi connectivity index (χ0) is 6.69. The molecule has 0 radical (unpaired) electrons. The standard InChI is InChI=1S/C8H12O/c1-2-8(9)7-5-3-4-6-7/h1,7-9H,3-6H2/t8-/m1/s1. The Kier molecular flexibility index (Phi) is 2.13. The van der Waals surface area contributed by atoms with Crippen molar-refractivity contribution in [2.75, 3.05) is 0 Å². The van der Waals surface area contributed by atoms with Gasteiger partial charge in [0.2, 0.25) is 0 Å². The Balaban J connectivity index is 2.34. The molecular weight excluding hydrogens is 112 g/mol. The summed E-state index contributed by atoms with van der Waals surface area (Å²) in [7, 11) is 0. The fourth-order valence-corrected chi connectivity index (χ4v) is 1.41. The van der Waals surface area contributed by atoms with E-state index < -0.39 is 6.10 Å². The van der Waals surface area contributed by atoms with Gasteiger partial charge in [0.05, 0.1) is 0 Å². The predicted molar refractivity (Wildman–Crippen MR) is 36.8 cm³/mol. The third-order valence-corrected chi connectivity index (χ3v) is 2.02. The summed E-state index contributed by atoms with van der Waals surface area (Å²) < 4.78 is 0. The second-order valence-corrected chi connectivity index (χ2v) is 2.66. The van der Waals surface area contributed by atoms with Gasteiger partial charge >= 0.3 is 0 Å². The molecule has 0 saturated heterocycles. The van der Waals surface area contributed by atoms with E-state index in [4.69, 9.17) is 11.5 Å². The maximum Gasteiger partial charge on any atom is 0.117 e. The van der Waals surface area contributed by atoms with Gasteiger partial charge in [-0.05, 0) is 18.8 Å². The largest absolute Gasteiger partial charge is 0.380 e. The Labute approximate surface area is 56.1 Å². The first-order chi connectivity index (χ1) is 4.34. The topological polar surface area (TPSA) is 20.2 Å². The van der Waals surface area contributed by atoms with Crippen molar-refractivity contribution in [2.45, 2.75) is 31.8 Å². The van der Waals surface area contributed by atoms with E-state index in [0.717, 1.165) is 12.8 Å². The average molecular weight is 124 g/mol. The third kappa shape index (κ3) is 1.46. The fourth-order valence-electron chi connectivity index (χ4n) is 1.41. The summed E-state index contributed by atoms with van der Waals surface area (Å²) in [6.07, 6.45) is 9.28. The van der Waals surface area contributed by atoms with Gasteiger partial charge in [-0.1, -0.05) is 18.8 Å². The van der Waals surface area contributed by atoms with Gasteiger partial charge < -0.3 is 5.11 Å². The minimum absolute atomic E-state index is 0.398. The summed E-state index contributed by atoms with van der Waals surface area (Å²) in [6, 6.07) is 0. The van der Waals surface area contributed by atoms with Crippen LogP contribution in [0.4, 0.5) is 0 Å². The van der Waals surface area contributed by atoms with Crippen molar-refractivity contribution in [3.8, 4) is 12.3 Å². The lowest BCUT2D eigenvalue weighted by Crippen LogP contribution is -2.14. The molecular formula is C8H12O. The highest BCUT2D eigenvalue weighted by Crippen LogP contribution is 2.27. The van der Waals surface area contributed by atoms with E-state index >= 15 is 0 Å². The summed E-state index contributed by atoms with van der Waals surface area (Å²) >= 11 is 0. The molecule has 1 nitrogen and oxygen atoms in total. The maximum absolute atomic E-state index is 9.12. The first-order valence-electron chi connectivity index (χ1n) is 3.49. The quantitative estimate of drug-likeness (QED) is 0.520. The van der Waals surface area contributed by atoms with Crippen LogP contribution in [-0.2, 0) is 0 Å². The average Bonchev–Trinajstić information content (AvgIpc) is 2.37. The van der Waals surface area contributed by atoms with Crippen molar-refractivity contribution in [1.29, 1.82) is 0 Å². The fraction of sp³-hybridized carbons (Fsp3) is 0.750. The molecule has 0 unspecified atom stereocenters. The van der Waals surface area contributed by atoms with Crippen molar-refractivity contribution in [3.63, 3.8) is 0 Å². The second-order valence-electron chi connectivity index (χ2n) is 2.66. The Hall–Kier alpha value is -0.480. The van der Waals surface area contributed by atoms with Gasteiger partial charge in [-0.25, -0.2) is 0 Å². The second kappa shape index (κ2) is 2.89. The monoisotopic (exact) mass is 124 g/mol. The SMILES string of the molecule is C#C[C@@H](O)C1CCCC1. The van der Waals surface area contributed by atoms with E-state index in [1.807, 2.05) is 0 Å². The highest BCUT2D eigenvalue weighted by Gasteiger charge is 2.20. The highest BCUT2D eigenvalue weighted by molar-refractivity contribution is 4.97. The molecule has 0 aromatic heterocycles. The smallest absolute Gasteiger partial charge is 0.117 e. The summed E-state index contributed by atoms with van der Waals surface area (Å²) in [5.74, 6) is 2.76. The van der Waals surface area contributed by atoms with Crippen LogP contribution in [0.1, 0.15) is 25.7 Å². The van der Waals surface area contributed by atoms with Gasteiger partial charge in [0.1, 0.15) is 6.10 Å². The number of hydrogen-bond donors (Lipinski definition) is 1. The van der Waals surface area contributed by atoms with Crippen LogP contribution >= 0.6 is 0 Å². The van der Waals surface area contributed by atoms with E-state index in [1.54, 1.807) is 0 Å². The Morgan fingerprint density at radius 2 is 2.00 bits per heavy atom. The molecule has 0 bridgehead atoms. The van der Waals surface area contributed by atoms with Crippen molar-refractivity contribution < 1.29 is 5.11 Å². The summed E-state index contributed by atoms with van der Waals surface area (Å²) in [5.41, 5.74) is 0. The van der Waals surface area contributed by atoms with Gasteiger partial charge in [-0.3, -0.25) is 0 Å². The summed E-state index contributed by atoms with van der Waals surface area (Å²) in [6.45, 7) is 0. The molecule has 1 heteroatoms. The first-order valence-corrected chi connectivity index (χ1v) is 3.49. The Bertz CT molecular complexity index is 117. The first kappa shape index (κ1) is 6.64. The van der Waals surface area contributed by atoms with E-state index in [2.05, 4.69) is 5.92 Å².